The number of halogens is 2. The third kappa shape index (κ3) is 5.97. The van der Waals surface area contributed by atoms with E-state index in [4.69, 9.17) is 25.8 Å². The molecule has 3 aromatic rings. The summed E-state index contributed by atoms with van der Waals surface area (Å²) < 4.78 is 32.5. The molecule has 0 amide bonds. The number of hydrogen-bond acceptors (Lipinski definition) is 7. The molecule has 2 aromatic carbocycles. The van der Waals surface area contributed by atoms with Crippen molar-refractivity contribution < 1.29 is 23.5 Å². The van der Waals surface area contributed by atoms with Crippen LogP contribution in [-0.4, -0.2) is 46.4 Å². The Bertz CT molecular complexity index is 1240. The van der Waals surface area contributed by atoms with Crippen LogP contribution in [0.4, 0.5) is 15.9 Å². The molecule has 5 rings (SSSR count). The van der Waals surface area contributed by atoms with Crippen molar-refractivity contribution in [1.29, 1.82) is 0 Å². The summed E-state index contributed by atoms with van der Waals surface area (Å²) in [5.41, 5.74) is 1.29. The monoisotopic (exact) mass is 530 g/mol. The third-order valence-corrected chi connectivity index (χ3v) is 7.10. The fourth-order valence-electron chi connectivity index (χ4n) is 4.68. The van der Waals surface area contributed by atoms with E-state index >= 15 is 0 Å². The van der Waals surface area contributed by atoms with Gasteiger partial charge in [0, 0.05) is 35.4 Å². The van der Waals surface area contributed by atoms with Gasteiger partial charge in [0.2, 0.25) is 0 Å². The number of ether oxygens (including phenoxy) is 3. The molecule has 0 bridgehead atoms. The Morgan fingerprint density at radius 3 is 2.68 bits per heavy atom. The second kappa shape index (κ2) is 10.5. The average molecular weight is 531 g/mol. The third-order valence-electron chi connectivity index (χ3n) is 6.74. The number of imidazole rings is 1. The molecule has 3 heterocycles. The lowest BCUT2D eigenvalue weighted by Crippen LogP contribution is -2.38. The smallest absolute Gasteiger partial charge is 0.415 e. The fraction of sp³-hybridized carbons (Fsp3) is 0.423. The summed E-state index contributed by atoms with van der Waals surface area (Å²) >= 11 is 6.07. The van der Waals surface area contributed by atoms with Crippen LogP contribution in [0.15, 0.2) is 48.7 Å². The van der Waals surface area contributed by atoms with Gasteiger partial charge in [-0.1, -0.05) is 17.7 Å². The van der Waals surface area contributed by atoms with Crippen molar-refractivity contribution in [3.63, 3.8) is 0 Å². The molecule has 9 nitrogen and oxygen atoms in total. The highest BCUT2D eigenvalue weighted by molar-refractivity contribution is 6.31. The van der Waals surface area contributed by atoms with Gasteiger partial charge in [-0.3, -0.25) is 4.57 Å². The van der Waals surface area contributed by atoms with Crippen LogP contribution in [0, 0.1) is 21.8 Å². The van der Waals surface area contributed by atoms with Gasteiger partial charge in [-0.25, -0.2) is 4.39 Å². The normalized spacial score (nSPS) is 19.5. The molecule has 2 aliphatic rings. The van der Waals surface area contributed by atoms with Crippen LogP contribution in [0.5, 0.6) is 11.8 Å². The van der Waals surface area contributed by atoms with E-state index in [1.54, 1.807) is 10.6 Å². The summed E-state index contributed by atoms with van der Waals surface area (Å²) in [6.07, 6.45) is 3.43. The number of aromatic nitrogens is 2. The summed E-state index contributed by atoms with van der Waals surface area (Å²) in [7, 11) is 0. The number of fused-ring (bicyclic) bond motifs is 1. The first-order valence-corrected chi connectivity index (χ1v) is 12.6. The van der Waals surface area contributed by atoms with Gasteiger partial charge in [0.05, 0.1) is 13.2 Å². The van der Waals surface area contributed by atoms with Gasteiger partial charge in [0.25, 0.3) is 0 Å². The van der Waals surface area contributed by atoms with E-state index in [9.17, 15) is 14.5 Å². The Kier molecular flexibility index (Phi) is 7.21. The highest BCUT2D eigenvalue weighted by Gasteiger charge is 2.41. The minimum absolute atomic E-state index is 0.222. The van der Waals surface area contributed by atoms with Crippen molar-refractivity contribution in [2.75, 3.05) is 31.2 Å². The maximum absolute atomic E-state index is 13.2. The van der Waals surface area contributed by atoms with Gasteiger partial charge in [-0.15, -0.1) is 0 Å². The number of anilines is 1. The molecule has 11 heteroatoms. The van der Waals surface area contributed by atoms with Crippen LogP contribution in [0.2, 0.25) is 5.02 Å². The molecule has 0 aliphatic carbocycles. The zero-order chi connectivity index (χ0) is 26.0. The van der Waals surface area contributed by atoms with Gasteiger partial charge in [0.15, 0.2) is 5.60 Å². The summed E-state index contributed by atoms with van der Waals surface area (Å²) in [6, 6.07) is 12.6. The lowest BCUT2D eigenvalue weighted by Gasteiger charge is -2.33. The van der Waals surface area contributed by atoms with Crippen LogP contribution < -0.4 is 14.4 Å². The first-order valence-electron chi connectivity index (χ1n) is 12.2. The Morgan fingerprint density at radius 1 is 1.24 bits per heavy atom. The van der Waals surface area contributed by atoms with E-state index in [2.05, 4.69) is 22.0 Å². The van der Waals surface area contributed by atoms with Crippen LogP contribution in [0.1, 0.15) is 25.3 Å². The minimum atomic E-state index is -0.651. The van der Waals surface area contributed by atoms with Crippen molar-refractivity contribution in [3.8, 4) is 11.8 Å². The minimum Gasteiger partial charge on any atom is -0.489 e. The van der Waals surface area contributed by atoms with Gasteiger partial charge >= 0.3 is 11.8 Å². The van der Waals surface area contributed by atoms with Crippen LogP contribution >= 0.6 is 11.6 Å². The molecule has 0 spiro atoms. The summed E-state index contributed by atoms with van der Waals surface area (Å²) in [5, 5.41) is 11.3. The Hall–Kier alpha value is -3.37. The Morgan fingerprint density at radius 2 is 2.00 bits per heavy atom. The lowest BCUT2D eigenvalue weighted by atomic mass is 9.97. The first-order chi connectivity index (χ1) is 17.8. The van der Waals surface area contributed by atoms with Crippen molar-refractivity contribution in [1.82, 2.24) is 9.55 Å². The number of nitro groups is 1. The SMILES string of the molecule is C[C@]1(COc2ccc(N3CCC(COCc4ccc(F)cc4Cl)CC3)cc2)Cn2cc([N+](=O)[O-])nc2O1. The molecule has 37 heavy (non-hydrogen) atoms. The maximum Gasteiger partial charge on any atom is 0.415 e. The van der Waals surface area contributed by atoms with Crippen molar-refractivity contribution in [2.45, 2.75) is 38.5 Å². The highest BCUT2D eigenvalue weighted by atomic mass is 35.5. The van der Waals surface area contributed by atoms with E-state index in [0.29, 0.717) is 30.7 Å². The van der Waals surface area contributed by atoms with Gasteiger partial charge in [0.1, 0.15) is 24.4 Å². The molecule has 0 saturated carbocycles. The van der Waals surface area contributed by atoms with Crippen molar-refractivity contribution in [3.05, 3.63) is 75.2 Å². The van der Waals surface area contributed by atoms with Crippen molar-refractivity contribution >= 4 is 23.1 Å². The largest absolute Gasteiger partial charge is 0.489 e. The second-order valence-corrected chi connectivity index (χ2v) is 10.2. The predicted molar refractivity (Wildman–Crippen MR) is 136 cm³/mol. The second-order valence-electron chi connectivity index (χ2n) is 9.78. The molecule has 1 atom stereocenters. The van der Waals surface area contributed by atoms with E-state index in [0.717, 1.165) is 42.9 Å². The van der Waals surface area contributed by atoms with Crippen LogP contribution in [0.25, 0.3) is 0 Å². The van der Waals surface area contributed by atoms with E-state index < -0.39 is 10.5 Å². The summed E-state index contributed by atoms with van der Waals surface area (Å²) in [5.74, 6) is 0.634. The highest BCUT2D eigenvalue weighted by Crippen LogP contribution is 2.32. The Balaban J connectivity index is 1.05. The fourth-order valence-corrected chi connectivity index (χ4v) is 4.90. The first kappa shape index (κ1) is 25.3. The number of benzene rings is 2. The van der Waals surface area contributed by atoms with E-state index in [1.807, 2.05) is 19.1 Å². The zero-order valence-corrected chi connectivity index (χ0v) is 21.2. The van der Waals surface area contributed by atoms with Crippen LogP contribution in [-0.2, 0) is 17.9 Å². The lowest BCUT2D eigenvalue weighted by molar-refractivity contribution is -0.389. The molecular formula is C26H28ClFN4O5. The van der Waals surface area contributed by atoms with Gasteiger partial charge < -0.3 is 29.2 Å². The predicted octanol–water partition coefficient (Wildman–Crippen LogP) is 5.25. The molecule has 2 aliphatic heterocycles. The van der Waals surface area contributed by atoms with Crippen LogP contribution in [0.3, 0.4) is 0 Å². The average Bonchev–Trinajstić information content (AvgIpc) is 3.41. The zero-order valence-electron chi connectivity index (χ0n) is 20.4. The number of hydrogen-bond donors (Lipinski definition) is 0. The van der Waals surface area contributed by atoms with Gasteiger partial charge in [-0.2, -0.15) is 0 Å². The van der Waals surface area contributed by atoms with Gasteiger partial charge in [-0.05, 0) is 72.6 Å². The molecule has 1 aromatic heterocycles. The number of rotatable bonds is 9. The molecule has 0 N–H and O–H groups in total. The van der Waals surface area contributed by atoms with E-state index in [1.165, 1.54) is 18.3 Å². The topological polar surface area (TPSA) is 91.9 Å². The maximum atomic E-state index is 13.2. The quantitative estimate of drug-likeness (QED) is 0.276. The molecule has 0 radical (unpaired) electrons. The molecule has 1 fully saturated rings. The standard InChI is InChI=1S/C26H28ClFN4O5/c1-26(16-31-13-24(32(33)34)29-25(31)37-26)17-36-22-6-4-21(5-7-22)30-10-8-18(9-11-30)14-35-15-19-2-3-20(28)12-23(19)27/h2-7,12-13,18H,8-11,14-17H2,1H3/t26-/m1/s1. The summed E-state index contributed by atoms with van der Waals surface area (Å²) in [4.78, 5) is 16.6. The number of nitrogens with zero attached hydrogens (tertiary/aromatic N) is 4. The Labute approximate surface area is 218 Å². The van der Waals surface area contributed by atoms with Crippen molar-refractivity contribution in [2.24, 2.45) is 5.92 Å². The van der Waals surface area contributed by atoms with E-state index in [-0.39, 0.29) is 24.3 Å². The number of piperidine rings is 1. The molecule has 1 saturated heterocycles. The molecular weight excluding hydrogens is 503 g/mol. The molecule has 196 valence electrons. The molecule has 0 unspecified atom stereocenters. The summed E-state index contributed by atoms with van der Waals surface area (Å²) in [6.45, 7) is 5.53.